The number of esters is 1. The number of benzene rings is 2. The number of nitrogens with zero attached hydrogens (tertiary/aromatic N) is 1. The summed E-state index contributed by atoms with van der Waals surface area (Å²) in [6.45, 7) is 2.35. The van der Waals surface area contributed by atoms with Gasteiger partial charge in [0.25, 0.3) is 0 Å². The van der Waals surface area contributed by atoms with Crippen molar-refractivity contribution in [3.63, 3.8) is 0 Å². The molecule has 2 aromatic rings. The van der Waals surface area contributed by atoms with Crippen LogP contribution in [0.2, 0.25) is 0 Å². The summed E-state index contributed by atoms with van der Waals surface area (Å²) in [5.74, 6) is 0.785. The van der Waals surface area contributed by atoms with Gasteiger partial charge in [-0.2, -0.15) is 0 Å². The molecule has 1 amide bonds. The third-order valence-corrected chi connectivity index (χ3v) is 7.23. The van der Waals surface area contributed by atoms with E-state index < -0.39 is 0 Å². The number of hydrogen-bond donors (Lipinski definition) is 1. The highest BCUT2D eigenvalue weighted by Crippen LogP contribution is 2.34. The van der Waals surface area contributed by atoms with Crippen molar-refractivity contribution in [3.05, 3.63) is 65.7 Å². The first-order valence-electron chi connectivity index (χ1n) is 12.5. The molecule has 0 unspecified atom stereocenters. The van der Waals surface area contributed by atoms with E-state index in [0.717, 1.165) is 56.4 Å². The van der Waals surface area contributed by atoms with Crippen LogP contribution in [0, 0.1) is 11.8 Å². The van der Waals surface area contributed by atoms with Crippen molar-refractivity contribution in [2.75, 3.05) is 25.1 Å². The Balaban J connectivity index is 1.30. The molecule has 2 fully saturated rings. The number of anilines is 1. The average Bonchev–Trinajstić information content (AvgIpc) is 2.89. The van der Waals surface area contributed by atoms with Crippen LogP contribution in [0.1, 0.15) is 60.9 Å². The molecular formula is C28H36N2O4. The maximum atomic E-state index is 12.5. The van der Waals surface area contributed by atoms with Crippen molar-refractivity contribution in [2.45, 2.75) is 57.6 Å². The zero-order valence-corrected chi connectivity index (χ0v) is 20.1. The minimum Gasteiger partial charge on any atom is -0.465 e. The lowest BCUT2D eigenvalue weighted by Crippen LogP contribution is -2.44. The van der Waals surface area contributed by atoms with E-state index in [9.17, 15) is 9.59 Å². The van der Waals surface area contributed by atoms with Crippen LogP contribution >= 0.6 is 0 Å². The number of piperidine rings is 1. The minimum absolute atomic E-state index is 0.187. The lowest BCUT2D eigenvalue weighted by molar-refractivity contribution is 0.0600. The third kappa shape index (κ3) is 6.52. The number of rotatable bonds is 7. The number of hydrogen-bond acceptors (Lipinski definition) is 5. The molecule has 1 heterocycles. The summed E-state index contributed by atoms with van der Waals surface area (Å²) in [6, 6.07) is 17.7. The number of methoxy groups -OCH3 is 1. The van der Waals surface area contributed by atoms with E-state index in [2.05, 4.69) is 10.2 Å². The summed E-state index contributed by atoms with van der Waals surface area (Å²) >= 11 is 0. The SMILES string of the molecule is COC(=O)c1ccc(N2CCC[C@H](C[C@@H]3CCCC[C@H]3NC(=O)OCc3ccccc3)C2)cc1. The molecule has 2 aliphatic rings. The quantitative estimate of drug-likeness (QED) is 0.543. The first kappa shape index (κ1) is 24.1. The van der Waals surface area contributed by atoms with Crippen molar-refractivity contribution < 1.29 is 19.1 Å². The van der Waals surface area contributed by atoms with E-state index in [1.165, 1.54) is 20.0 Å². The Labute approximate surface area is 202 Å². The average molecular weight is 465 g/mol. The van der Waals surface area contributed by atoms with E-state index in [-0.39, 0.29) is 18.1 Å². The molecule has 1 saturated carbocycles. The largest absolute Gasteiger partial charge is 0.465 e. The standard InChI is InChI=1S/C28H36N2O4/c1-33-27(31)23-13-15-25(16-14-23)30-17-7-10-22(19-30)18-24-11-5-6-12-26(24)29-28(32)34-20-21-8-3-2-4-9-21/h2-4,8-9,13-16,22,24,26H,5-7,10-12,17-20H2,1H3,(H,29,32)/t22-,24+,26-/m1/s1. The van der Waals surface area contributed by atoms with Crippen molar-refractivity contribution in [1.29, 1.82) is 0 Å². The van der Waals surface area contributed by atoms with Crippen molar-refractivity contribution in [2.24, 2.45) is 11.8 Å². The smallest absolute Gasteiger partial charge is 0.407 e. The molecule has 0 aromatic heterocycles. The summed E-state index contributed by atoms with van der Waals surface area (Å²) in [6.07, 6.45) is 7.77. The van der Waals surface area contributed by atoms with Gasteiger partial charge in [-0.25, -0.2) is 9.59 Å². The topological polar surface area (TPSA) is 67.9 Å². The van der Waals surface area contributed by atoms with Gasteiger partial charge in [0.1, 0.15) is 6.61 Å². The second-order valence-electron chi connectivity index (χ2n) is 9.59. The van der Waals surface area contributed by atoms with E-state index in [1.54, 1.807) is 0 Å². The molecule has 6 nitrogen and oxygen atoms in total. The van der Waals surface area contributed by atoms with Gasteiger partial charge in [0, 0.05) is 24.8 Å². The molecule has 34 heavy (non-hydrogen) atoms. The van der Waals surface area contributed by atoms with E-state index >= 15 is 0 Å². The van der Waals surface area contributed by atoms with Gasteiger partial charge < -0.3 is 19.7 Å². The lowest BCUT2D eigenvalue weighted by Gasteiger charge is -2.39. The van der Waals surface area contributed by atoms with Crippen molar-refractivity contribution >= 4 is 17.7 Å². The van der Waals surface area contributed by atoms with Gasteiger partial charge in [-0.1, -0.05) is 43.2 Å². The zero-order chi connectivity index (χ0) is 23.8. The van der Waals surface area contributed by atoms with Crippen LogP contribution in [0.15, 0.2) is 54.6 Å². The number of carbonyl (C=O) groups is 2. The van der Waals surface area contributed by atoms with E-state index in [1.807, 2.05) is 54.6 Å². The molecule has 0 spiro atoms. The molecule has 3 atom stereocenters. The fourth-order valence-corrected chi connectivity index (χ4v) is 5.44. The Morgan fingerprint density at radius 1 is 0.971 bits per heavy atom. The number of carbonyl (C=O) groups excluding carboxylic acids is 2. The van der Waals surface area contributed by atoms with E-state index in [4.69, 9.17) is 9.47 Å². The van der Waals surface area contributed by atoms with Crippen LogP contribution in [0.5, 0.6) is 0 Å². The molecule has 1 N–H and O–H groups in total. The molecule has 0 radical (unpaired) electrons. The Hall–Kier alpha value is -3.02. The van der Waals surface area contributed by atoms with Crippen LogP contribution in [0.25, 0.3) is 0 Å². The lowest BCUT2D eigenvalue weighted by atomic mass is 9.77. The van der Waals surface area contributed by atoms with Crippen LogP contribution in [-0.2, 0) is 16.1 Å². The summed E-state index contributed by atoms with van der Waals surface area (Å²) in [4.78, 5) is 26.6. The zero-order valence-electron chi connectivity index (χ0n) is 20.1. The maximum Gasteiger partial charge on any atom is 0.407 e. The maximum absolute atomic E-state index is 12.5. The highest BCUT2D eigenvalue weighted by molar-refractivity contribution is 5.89. The molecule has 2 aromatic carbocycles. The van der Waals surface area contributed by atoms with Crippen LogP contribution in [0.3, 0.4) is 0 Å². The molecule has 1 aliphatic carbocycles. The summed E-state index contributed by atoms with van der Waals surface area (Å²) in [5.41, 5.74) is 2.73. The van der Waals surface area contributed by atoms with Gasteiger partial charge in [0.2, 0.25) is 0 Å². The number of nitrogens with one attached hydrogen (secondary N) is 1. The number of amides is 1. The summed E-state index contributed by atoms with van der Waals surface area (Å²) < 4.78 is 10.3. The normalized spacial score (nSPS) is 22.6. The van der Waals surface area contributed by atoms with Crippen molar-refractivity contribution in [3.8, 4) is 0 Å². The Kier molecular flexibility index (Phi) is 8.45. The molecule has 1 saturated heterocycles. The van der Waals surface area contributed by atoms with Gasteiger partial charge in [-0.05, 0) is 73.8 Å². The predicted molar refractivity (Wildman–Crippen MR) is 133 cm³/mol. The first-order valence-corrected chi connectivity index (χ1v) is 12.5. The monoisotopic (exact) mass is 464 g/mol. The second kappa shape index (κ2) is 11.9. The Morgan fingerprint density at radius 2 is 1.74 bits per heavy atom. The molecule has 182 valence electrons. The Bertz CT molecular complexity index is 931. The van der Waals surface area contributed by atoms with Crippen LogP contribution < -0.4 is 10.2 Å². The van der Waals surface area contributed by atoms with Gasteiger partial charge in [0.15, 0.2) is 0 Å². The fraction of sp³-hybridized carbons (Fsp3) is 0.500. The van der Waals surface area contributed by atoms with Crippen LogP contribution in [-0.4, -0.2) is 38.3 Å². The predicted octanol–water partition coefficient (Wildman–Crippen LogP) is 5.56. The van der Waals surface area contributed by atoms with E-state index in [0.29, 0.717) is 24.0 Å². The third-order valence-electron chi connectivity index (χ3n) is 7.23. The van der Waals surface area contributed by atoms with Crippen LogP contribution in [0.4, 0.5) is 10.5 Å². The second-order valence-corrected chi connectivity index (χ2v) is 9.59. The first-order chi connectivity index (χ1) is 16.6. The summed E-state index contributed by atoms with van der Waals surface area (Å²) in [5, 5.41) is 3.18. The highest BCUT2D eigenvalue weighted by Gasteiger charge is 2.31. The highest BCUT2D eigenvalue weighted by atomic mass is 16.5. The minimum atomic E-state index is -0.309. The molecule has 6 heteroatoms. The van der Waals surface area contributed by atoms with Gasteiger partial charge in [0.05, 0.1) is 12.7 Å². The molecule has 0 bridgehead atoms. The molecule has 1 aliphatic heterocycles. The molecular weight excluding hydrogens is 428 g/mol. The van der Waals surface area contributed by atoms with Crippen molar-refractivity contribution in [1.82, 2.24) is 5.32 Å². The summed E-state index contributed by atoms with van der Waals surface area (Å²) in [7, 11) is 1.40. The number of ether oxygens (including phenoxy) is 2. The number of alkyl carbamates (subject to hydrolysis) is 1. The van der Waals surface area contributed by atoms with Gasteiger partial charge >= 0.3 is 12.1 Å². The van der Waals surface area contributed by atoms with Gasteiger partial charge in [-0.15, -0.1) is 0 Å². The Morgan fingerprint density at radius 3 is 2.50 bits per heavy atom. The van der Waals surface area contributed by atoms with Gasteiger partial charge in [-0.3, -0.25) is 0 Å². The molecule has 4 rings (SSSR count). The fourth-order valence-electron chi connectivity index (χ4n) is 5.44.